The standard InChI is InChI=1S/C15H19NO3/c1-2-3-13-19-15(18)9-10-16(11-12-17)14-7-5-4-6-8-14/h2-8,13,17H,1,9-12H2/b13-3-. The molecule has 0 spiro atoms. The Morgan fingerprint density at radius 2 is 2.05 bits per heavy atom. The highest BCUT2D eigenvalue weighted by Gasteiger charge is 2.08. The Kier molecular flexibility index (Phi) is 7.05. The molecule has 0 bridgehead atoms. The number of allylic oxidation sites excluding steroid dienone is 2. The van der Waals surface area contributed by atoms with Gasteiger partial charge in [0.15, 0.2) is 0 Å². The number of ether oxygens (including phenoxy) is 1. The summed E-state index contributed by atoms with van der Waals surface area (Å²) in [5.41, 5.74) is 0.978. The normalized spacial score (nSPS) is 10.4. The van der Waals surface area contributed by atoms with E-state index in [1.54, 1.807) is 6.08 Å². The van der Waals surface area contributed by atoms with Crippen LogP contribution in [0.1, 0.15) is 6.42 Å². The highest BCUT2D eigenvalue weighted by Crippen LogP contribution is 2.13. The third-order valence-electron chi connectivity index (χ3n) is 2.49. The molecule has 102 valence electrons. The van der Waals surface area contributed by atoms with Gasteiger partial charge in [0, 0.05) is 18.8 Å². The molecule has 0 fully saturated rings. The molecule has 0 saturated heterocycles. The quantitative estimate of drug-likeness (QED) is 0.442. The number of hydrogen-bond donors (Lipinski definition) is 1. The zero-order chi connectivity index (χ0) is 13.9. The first kappa shape index (κ1) is 15.0. The summed E-state index contributed by atoms with van der Waals surface area (Å²) < 4.78 is 4.87. The van der Waals surface area contributed by atoms with Gasteiger partial charge in [-0.05, 0) is 18.2 Å². The molecule has 4 heteroatoms. The van der Waals surface area contributed by atoms with Gasteiger partial charge in [0.05, 0.1) is 19.3 Å². The fourth-order valence-electron chi connectivity index (χ4n) is 1.59. The summed E-state index contributed by atoms with van der Waals surface area (Å²) in [6.07, 6.45) is 4.67. The second-order valence-electron chi connectivity index (χ2n) is 3.85. The van der Waals surface area contributed by atoms with Crippen LogP contribution in [0.15, 0.2) is 55.3 Å². The van der Waals surface area contributed by atoms with Crippen LogP contribution in [0.5, 0.6) is 0 Å². The van der Waals surface area contributed by atoms with E-state index in [1.165, 1.54) is 12.3 Å². The highest BCUT2D eigenvalue weighted by molar-refractivity contribution is 5.70. The van der Waals surface area contributed by atoms with E-state index in [0.717, 1.165) is 5.69 Å². The van der Waals surface area contributed by atoms with Crippen LogP contribution < -0.4 is 4.90 Å². The summed E-state index contributed by atoms with van der Waals surface area (Å²) in [4.78, 5) is 13.4. The number of nitrogens with zero attached hydrogens (tertiary/aromatic N) is 1. The van der Waals surface area contributed by atoms with Crippen molar-refractivity contribution in [3.8, 4) is 0 Å². The van der Waals surface area contributed by atoms with Gasteiger partial charge in [-0.1, -0.05) is 30.9 Å². The van der Waals surface area contributed by atoms with Gasteiger partial charge >= 0.3 is 5.97 Å². The predicted octanol–water partition coefficient (Wildman–Crippen LogP) is 2.12. The van der Waals surface area contributed by atoms with Crippen LogP contribution in [-0.4, -0.2) is 30.8 Å². The van der Waals surface area contributed by atoms with Crippen LogP contribution in [0, 0.1) is 0 Å². The van der Waals surface area contributed by atoms with E-state index in [9.17, 15) is 4.79 Å². The molecule has 0 aliphatic heterocycles. The second-order valence-corrected chi connectivity index (χ2v) is 3.85. The molecule has 0 unspecified atom stereocenters. The fraction of sp³-hybridized carbons (Fsp3) is 0.267. The molecular formula is C15H19NO3. The van der Waals surface area contributed by atoms with E-state index in [4.69, 9.17) is 9.84 Å². The van der Waals surface area contributed by atoms with Crippen molar-refractivity contribution in [2.24, 2.45) is 0 Å². The second kappa shape index (κ2) is 8.94. The van der Waals surface area contributed by atoms with Crippen molar-refractivity contribution in [1.82, 2.24) is 0 Å². The number of esters is 1. The number of carbonyl (C=O) groups excluding carboxylic acids is 1. The van der Waals surface area contributed by atoms with Crippen LogP contribution in [-0.2, 0) is 9.53 Å². The van der Waals surface area contributed by atoms with Crippen LogP contribution in [0.25, 0.3) is 0 Å². The Morgan fingerprint density at radius 1 is 1.32 bits per heavy atom. The first-order valence-corrected chi connectivity index (χ1v) is 6.16. The lowest BCUT2D eigenvalue weighted by atomic mass is 10.2. The predicted molar refractivity (Wildman–Crippen MR) is 75.8 cm³/mol. The monoisotopic (exact) mass is 261 g/mol. The van der Waals surface area contributed by atoms with Crippen molar-refractivity contribution in [3.05, 3.63) is 55.3 Å². The molecular weight excluding hydrogens is 242 g/mol. The molecule has 0 atom stereocenters. The first-order chi connectivity index (χ1) is 9.27. The van der Waals surface area contributed by atoms with Crippen LogP contribution >= 0.6 is 0 Å². The van der Waals surface area contributed by atoms with Gasteiger partial charge in [-0.15, -0.1) is 0 Å². The average molecular weight is 261 g/mol. The topological polar surface area (TPSA) is 49.8 Å². The molecule has 1 rings (SSSR count). The van der Waals surface area contributed by atoms with Gasteiger partial charge < -0.3 is 14.7 Å². The summed E-state index contributed by atoms with van der Waals surface area (Å²) >= 11 is 0. The molecule has 4 nitrogen and oxygen atoms in total. The SMILES string of the molecule is C=C/C=C\OC(=O)CCN(CCO)c1ccccc1. The summed E-state index contributed by atoms with van der Waals surface area (Å²) in [5, 5.41) is 9.06. The highest BCUT2D eigenvalue weighted by atomic mass is 16.5. The maximum absolute atomic E-state index is 11.5. The Balaban J connectivity index is 2.48. The summed E-state index contributed by atoms with van der Waals surface area (Å²) in [5.74, 6) is -0.308. The molecule has 19 heavy (non-hydrogen) atoms. The van der Waals surface area contributed by atoms with Crippen molar-refractivity contribution in [2.75, 3.05) is 24.6 Å². The molecule has 0 aliphatic carbocycles. The lowest BCUT2D eigenvalue weighted by Crippen LogP contribution is -2.29. The lowest BCUT2D eigenvalue weighted by molar-refractivity contribution is -0.137. The van der Waals surface area contributed by atoms with Crippen molar-refractivity contribution >= 4 is 11.7 Å². The molecule has 0 saturated carbocycles. The molecule has 0 radical (unpaired) electrons. The maximum atomic E-state index is 11.5. The number of aliphatic hydroxyl groups excluding tert-OH is 1. The summed E-state index contributed by atoms with van der Waals surface area (Å²) in [6, 6.07) is 9.65. The van der Waals surface area contributed by atoms with Crippen LogP contribution in [0.3, 0.4) is 0 Å². The molecule has 1 aromatic carbocycles. The van der Waals surface area contributed by atoms with Gasteiger partial charge in [0.2, 0.25) is 0 Å². The maximum Gasteiger partial charge on any atom is 0.312 e. The van der Waals surface area contributed by atoms with Gasteiger partial charge in [0.25, 0.3) is 0 Å². The Bertz CT molecular complexity index is 415. The Hall–Kier alpha value is -2.07. The lowest BCUT2D eigenvalue weighted by Gasteiger charge is -2.23. The van der Waals surface area contributed by atoms with Crippen molar-refractivity contribution in [2.45, 2.75) is 6.42 Å². The van der Waals surface area contributed by atoms with Gasteiger partial charge in [-0.3, -0.25) is 4.79 Å². The summed E-state index contributed by atoms with van der Waals surface area (Å²) in [6.45, 7) is 4.51. The molecule has 1 N–H and O–H groups in total. The van der Waals surface area contributed by atoms with E-state index < -0.39 is 0 Å². The third kappa shape index (κ3) is 5.88. The number of para-hydroxylation sites is 1. The van der Waals surface area contributed by atoms with E-state index in [2.05, 4.69) is 6.58 Å². The minimum absolute atomic E-state index is 0.0420. The molecule has 0 aliphatic rings. The van der Waals surface area contributed by atoms with Crippen LogP contribution in [0.2, 0.25) is 0 Å². The van der Waals surface area contributed by atoms with E-state index in [0.29, 0.717) is 13.1 Å². The van der Waals surface area contributed by atoms with Crippen molar-refractivity contribution in [3.63, 3.8) is 0 Å². The number of carbonyl (C=O) groups is 1. The van der Waals surface area contributed by atoms with E-state index in [1.807, 2.05) is 35.2 Å². The molecule has 0 heterocycles. The number of aliphatic hydroxyl groups is 1. The zero-order valence-corrected chi connectivity index (χ0v) is 10.9. The Morgan fingerprint density at radius 3 is 2.68 bits per heavy atom. The number of hydrogen-bond acceptors (Lipinski definition) is 4. The van der Waals surface area contributed by atoms with Gasteiger partial charge in [-0.25, -0.2) is 0 Å². The van der Waals surface area contributed by atoms with Gasteiger partial charge in [-0.2, -0.15) is 0 Å². The number of benzene rings is 1. The number of anilines is 1. The smallest absolute Gasteiger partial charge is 0.312 e. The molecule has 1 aromatic rings. The van der Waals surface area contributed by atoms with Crippen molar-refractivity contribution in [1.29, 1.82) is 0 Å². The summed E-state index contributed by atoms with van der Waals surface area (Å²) in [7, 11) is 0. The van der Waals surface area contributed by atoms with Crippen LogP contribution in [0.4, 0.5) is 5.69 Å². The fourth-order valence-corrected chi connectivity index (χ4v) is 1.59. The molecule has 0 amide bonds. The third-order valence-corrected chi connectivity index (χ3v) is 2.49. The minimum Gasteiger partial charge on any atom is -0.434 e. The molecule has 0 aromatic heterocycles. The average Bonchev–Trinajstić information content (AvgIpc) is 2.44. The zero-order valence-electron chi connectivity index (χ0n) is 10.9. The van der Waals surface area contributed by atoms with E-state index >= 15 is 0 Å². The minimum atomic E-state index is -0.308. The van der Waals surface area contributed by atoms with Gasteiger partial charge in [0.1, 0.15) is 0 Å². The largest absolute Gasteiger partial charge is 0.434 e. The Labute approximate surface area is 113 Å². The number of rotatable bonds is 8. The van der Waals surface area contributed by atoms with Crippen molar-refractivity contribution < 1.29 is 14.6 Å². The van der Waals surface area contributed by atoms with E-state index in [-0.39, 0.29) is 19.0 Å². The first-order valence-electron chi connectivity index (χ1n) is 6.16.